The molecular formula is C45H45N5O3S2. The molecule has 2 atom stereocenters. The average molecular weight is 768 g/mol. The number of amides is 3. The van der Waals surface area contributed by atoms with Crippen molar-refractivity contribution in [3.8, 4) is 6.07 Å². The first kappa shape index (κ1) is 39.1. The molecular weight excluding hydrogens is 723 g/mol. The molecule has 6 rings (SSSR count). The van der Waals surface area contributed by atoms with E-state index in [9.17, 15) is 19.6 Å². The molecule has 0 saturated carbocycles. The Balaban J connectivity index is 1.23. The molecule has 0 fully saturated rings. The number of rotatable bonds is 11. The molecule has 4 aromatic carbocycles. The van der Waals surface area contributed by atoms with Gasteiger partial charge in [0, 0.05) is 40.8 Å². The first-order chi connectivity index (χ1) is 26.4. The second kappa shape index (κ2) is 17.2. The van der Waals surface area contributed by atoms with Crippen LogP contribution in [-0.4, -0.2) is 31.8 Å². The van der Waals surface area contributed by atoms with Crippen LogP contribution in [0.1, 0.15) is 69.9 Å². The van der Waals surface area contributed by atoms with E-state index in [0.717, 1.165) is 46.5 Å². The van der Waals surface area contributed by atoms with E-state index >= 15 is 0 Å². The van der Waals surface area contributed by atoms with Gasteiger partial charge in [-0.1, -0.05) is 87.5 Å². The first-order valence-electron chi connectivity index (χ1n) is 18.2. The Hall–Kier alpha value is -5.63. The quantitative estimate of drug-likeness (QED) is 0.0911. The summed E-state index contributed by atoms with van der Waals surface area (Å²) in [6.07, 6.45) is 4.40. The topological polar surface area (TPSA) is 114 Å². The molecule has 2 unspecified atom stereocenters. The van der Waals surface area contributed by atoms with Crippen LogP contribution < -0.4 is 20.9 Å². The van der Waals surface area contributed by atoms with Crippen LogP contribution in [0.15, 0.2) is 120 Å². The smallest absolute Gasteiger partial charge is 0.272 e. The zero-order chi connectivity index (χ0) is 39.1. The minimum atomic E-state index is -0.647. The first-order valence-corrected chi connectivity index (χ1v) is 19.9. The molecule has 280 valence electrons. The summed E-state index contributed by atoms with van der Waals surface area (Å²) in [4.78, 5) is 45.1. The summed E-state index contributed by atoms with van der Waals surface area (Å²) in [6.45, 7) is 6.78. The van der Waals surface area contributed by atoms with Crippen molar-refractivity contribution in [1.29, 1.82) is 5.26 Å². The van der Waals surface area contributed by atoms with Gasteiger partial charge >= 0.3 is 0 Å². The van der Waals surface area contributed by atoms with Gasteiger partial charge in [-0.3, -0.25) is 14.4 Å². The summed E-state index contributed by atoms with van der Waals surface area (Å²) in [5, 5.41) is 19.0. The molecule has 0 spiro atoms. The lowest BCUT2D eigenvalue weighted by molar-refractivity contribution is -0.116. The number of nitrogens with one attached hydrogen (secondary N) is 3. The van der Waals surface area contributed by atoms with Crippen molar-refractivity contribution in [3.05, 3.63) is 148 Å². The van der Waals surface area contributed by atoms with Crippen LogP contribution in [0.3, 0.4) is 0 Å². The van der Waals surface area contributed by atoms with E-state index in [1.165, 1.54) is 28.0 Å². The maximum absolute atomic E-state index is 14.2. The summed E-state index contributed by atoms with van der Waals surface area (Å²) >= 11 is 2.88. The fourth-order valence-corrected chi connectivity index (χ4v) is 8.93. The molecule has 10 heteroatoms. The fourth-order valence-electron chi connectivity index (χ4n) is 6.57. The lowest BCUT2D eigenvalue weighted by Gasteiger charge is -2.33. The predicted molar refractivity (Wildman–Crippen MR) is 225 cm³/mol. The van der Waals surface area contributed by atoms with Gasteiger partial charge in [0.15, 0.2) is 0 Å². The van der Waals surface area contributed by atoms with E-state index in [2.05, 4.69) is 42.8 Å². The Kier molecular flexibility index (Phi) is 12.2. The number of carbonyl (C=O) groups excluding carboxylic acids is 3. The van der Waals surface area contributed by atoms with Crippen LogP contribution in [-0.2, 0) is 22.4 Å². The molecule has 3 N–H and O–H groups in total. The number of hydrogen-bond acceptors (Lipinski definition) is 7. The van der Waals surface area contributed by atoms with Crippen molar-refractivity contribution >= 4 is 63.3 Å². The van der Waals surface area contributed by atoms with E-state index in [1.54, 1.807) is 36.4 Å². The van der Waals surface area contributed by atoms with E-state index in [1.807, 2.05) is 97.9 Å². The van der Waals surface area contributed by atoms with E-state index in [-0.39, 0.29) is 17.0 Å². The van der Waals surface area contributed by atoms with Crippen molar-refractivity contribution < 1.29 is 14.4 Å². The fraction of sp³-hybridized carbons (Fsp3) is 0.244. The molecule has 0 aliphatic heterocycles. The van der Waals surface area contributed by atoms with Crippen molar-refractivity contribution in [2.75, 3.05) is 29.6 Å². The van der Waals surface area contributed by atoms with Gasteiger partial charge in [0.25, 0.3) is 11.8 Å². The molecule has 0 bridgehead atoms. The predicted octanol–water partition coefficient (Wildman–Crippen LogP) is 9.72. The van der Waals surface area contributed by atoms with Crippen molar-refractivity contribution in [2.45, 2.75) is 50.2 Å². The molecule has 5 aromatic rings. The second-order valence-corrected chi connectivity index (χ2v) is 17.2. The van der Waals surface area contributed by atoms with Gasteiger partial charge in [-0.05, 0) is 95.8 Å². The zero-order valence-corrected chi connectivity index (χ0v) is 33.3. The SMILES string of the molecule is CN(C)c1ccc(/C=C(/NC(=O)c2ccccc2)C(=O)Nc2cccc(SC(C(=O)Nc3sc4c(c3C#N)CCC(C(C)(C)C)C4)c3ccccc3)c2)cc1. The van der Waals surface area contributed by atoms with Crippen LogP contribution in [0.4, 0.5) is 16.4 Å². The van der Waals surface area contributed by atoms with Crippen LogP contribution in [0.5, 0.6) is 0 Å². The average Bonchev–Trinajstić information content (AvgIpc) is 3.53. The number of thioether (sulfide) groups is 1. The van der Waals surface area contributed by atoms with Gasteiger partial charge in [-0.2, -0.15) is 5.26 Å². The van der Waals surface area contributed by atoms with Crippen LogP contribution in [0.2, 0.25) is 0 Å². The molecule has 8 nitrogen and oxygen atoms in total. The van der Waals surface area contributed by atoms with Crippen molar-refractivity contribution in [3.63, 3.8) is 0 Å². The second-order valence-electron chi connectivity index (χ2n) is 14.9. The highest BCUT2D eigenvalue weighted by molar-refractivity contribution is 8.00. The van der Waals surface area contributed by atoms with Gasteiger partial charge in [0.05, 0.1) is 5.56 Å². The highest BCUT2D eigenvalue weighted by Crippen LogP contribution is 2.45. The molecule has 0 radical (unpaired) electrons. The van der Waals surface area contributed by atoms with Gasteiger partial charge < -0.3 is 20.9 Å². The van der Waals surface area contributed by atoms with E-state index in [0.29, 0.717) is 27.7 Å². The summed E-state index contributed by atoms with van der Waals surface area (Å²) in [6, 6.07) is 35.6. The highest BCUT2D eigenvalue weighted by atomic mass is 32.2. The van der Waals surface area contributed by atoms with Crippen molar-refractivity contribution in [2.24, 2.45) is 11.3 Å². The lowest BCUT2D eigenvalue weighted by Crippen LogP contribution is -2.30. The maximum Gasteiger partial charge on any atom is 0.272 e. The molecule has 3 amide bonds. The number of fused-ring (bicyclic) bond motifs is 1. The summed E-state index contributed by atoms with van der Waals surface area (Å²) in [5.41, 5.74) is 5.34. The van der Waals surface area contributed by atoms with E-state index < -0.39 is 17.1 Å². The minimum absolute atomic E-state index is 0.0758. The van der Waals surface area contributed by atoms with Crippen LogP contribution in [0.25, 0.3) is 6.08 Å². The Bertz CT molecular complexity index is 2230. The van der Waals surface area contributed by atoms with Crippen LogP contribution >= 0.6 is 23.1 Å². The standard InChI is InChI=1S/C45H45N5O3S2/c1-45(2,3)32-21-24-36-37(28-46)44(55-39(36)26-32)49-43(53)40(30-13-8-6-9-14-30)54-35-18-12-17-33(27-35)47-42(52)38(48-41(51)31-15-10-7-11-16-31)25-29-19-22-34(23-20-29)50(4)5/h6-20,22-23,25,27,32,40H,21,24,26H2,1-5H3,(H,47,52)(H,48,51)(H,49,53)/b38-25+. The molecule has 1 aliphatic carbocycles. The summed E-state index contributed by atoms with van der Waals surface area (Å²) in [7, 11) is 3.90. The molecule has 1 aromatic heterocycles. The van der Waals surface area contributed by atoms with Gasteiger partial charge in [-0.25, -0.2) is 0 Å². The highest BCUT2D eigenvalue weighted by Gasteiger charge is 2.33. The normalized spacial score (nSPS) is 14.5. The van der Waals surface area contributed by atoms with Gasteiger partial charge in [0.1, 0.15) is 22.0 Å². The Morgan fingerprint density at radius 3 is 2.25 bits per heavy atom. The maximum atomic E-state index is 14.2. The largest absolute Gasteiger partial charge is 0.378 e. The Labute approximate surface area is 331 Å². The molecule has 1 heterocycles. The van der Waals surface area contributed by atoms with Gasteiger partial charge in [-0.15, -0.1) is 23.1 Å². The Morgan fingerprint density at radius 1 is 0.909 bits per heavy atom. The number of nitrogens with zero attached hydrogens (tertiary/aromatic N) is 2. The monoisotopic (exact) mass is 767 g/mol. The number of benzene rings is 4. The third kappa shape index (κ3) is 9.73. The zero-order valence-electron chi connectivity index (χ0n) is 31.7. The summed E-state index contributed by atoms with van der Waals surface area (Å²) in [5.74, 6) is -0.634. The number of hydrogen-bond donors (Lipinski definition) is 3. The number of thiophene rings is 1. The lowest BCUT2D eigenvalue weighted by atomic mass is 9.72. The molecule has 55 heavy (non-hydrogen) atoms. The minimum Gasteiger partial charge on any atom is -0.378 e. The third-order valence-corrected chi connectivity index (χ3v) is 12.2. The summed E-state index contributed by atoms with van der Waals surface area (Å²) < 4.78 is 0. The van der Waals surface area contributed by atoms with Crippen LogP contribution in [0, 0.1) is 22.7 Å². The Morgan fingerprint density at radius 2 is 1.60 bits per heavy atom. The number of nitriles is 1. The van der Waals surface area contributed by atoms with Crippen molar-refractivity contribution in [1.82, 2.24) is 5.32 Å². The van der Waals surface area contributed by atoms with Gasteiger partial charge in [0.2, 0.25) is 5.91 Å². The number of carbonyl (C=O) groups is 3. The van der Waals surface area contributed by atoms with E-state index in [4.69, 9.17) is 0 Å². The molecule has 0 saturated heterocycles. The molecule has 1 aliphatic rings. The number of anilines is 3. The third-order valence-electron chi connectivity index (χ3n) is 9.77.